The zero-order chi connectivity index (χ0) is 10.8. The topological polar surface area (TPSA) is 37.3 Å². The SMILES string of the molecule is C=C(C(=O)O)c1cccc2c1CCCC2. The fraction of sp³-hybridized carbons (Fsp3) is 0.308. The molecule has 0 spiro atoms. The average molecular weight is 202 g/mol. The number of benzene rings is 1. The van der Waals surface area contributed by atoms with Gasteiger partial charge in [-0.05, 0) is 42.4 Å². The second-order valence-corrected chi connectivity index (χ2v) is 3.93. The number of aryl methyl sites for hydroxylation is 1. The molecule has 15 heavy (non-hydrogen) atoms. The summed E-state index contributed by atoms with van der Waals surface area (Å²) in [5.74, 6) is -0.922. The van der Waals surface area contributed by atoms with E-state index in [-0.39, 0.29) is 5.57 Å². The number of carboxylic acids is 1. The summed E-state index contributed by atoms with van der Waals surface area (Å²) in [6.07, 6.45) is 4.40. The monoisotopic (exact) mass is 202 g/mol. The van der Waals surface area contributed by atoms with E-state index >= 15 is 0 Å². The predicted octanol–water partition coefficient (Wildman–Crippen LogP) is 2.66. The third-order valence-electron chi connectivity index (χ3n) is 2.98. The van der Waals surface area contributed by atoms with Gasteiger partial charge in [-0.2, -0.15) is 0 Å². The zero-order valence-corrected chi connectivity index (χ0v) is 8.62. The van der Waals surface area contributed by atoms with Crippen LogP contribution in [0.25, 0.3) is 5.57 Å². The number of hydrogen-bond acceptors (Lipinski definition) is 1. The number of carbonyl (C=O) groups is 1. The molecule has 0 fully saturated rings. The van der Waals surface area contributed by atoms with Crippen molar-refractivity contribution >= 4 is 11.5 Å². The molecule has 2 heteroatoms. The predicted molar refractivity (Wildman–Crippen MR) is 59.8 cm³/mol. The Morgan fingerprint density at radius 1 is 1.27 bits per heavy atom. The normalized spacial score (nSPS) is 14.4. The molecular weight excluding hydrogens is 188 g/mol. The van der Waals surface area contributed by atoms with Crippen LogP contribution in [0.15, 0.2) is 24.8 Å². The molecule has 0 atom stereocenters. The lowest BCUT2D eigenvalue weighted by molar-refractivity contribution is -0.130. The fourth-order valence-electron chi connectivity index (χ4n) is 2.18. The van der Waals surface area contributed by atoms with Crippen LogP contribution in [0.2, 0.25) is 0 Å². The van der Waals surface area contributed by atoms with Gasteiger partial charge in [0.15, 0.2) is 0 Å². The smallest absolute Gasteiger partial charge is 0.335 e. The van der Waals surface area contributed by atoms with Crippen LogP contribution in [0.1, 0.15) is 29.5 Å². The Balaban J connectivity index is 2.48. The van der Waals surface area contributed by atoms with Gasteiger partial charge in [-0.15, -0.1) is 0 Å². The average Bonchev–Trinajstić information content (AvgIpc) is 2.27. The number of aliphatic carboxylic acids is 1. The highest BCUT2D eigenvalue weighted by atomic mass is 16.4. The molecule has 0 radical (unpaired) electrons. The molecule has 78 valence electrons. The van der Waals surface area contributed by atoms with Crippen molar-refractivity contribution in [3.63, 3.8) is 0 Å². The zero-order valence-electron chi connectivity index (χ0n) is 8.62. The van der Waals surface area contributed by atoms with Crippen molar-refractivity contribution in [2.45, 2.75) is 25.7 Å². The van der Waals surface area contributed by atoms with E-state index in [0.29, 0.717) is 0 Å². The first kappa shape index (κ1) is 9.97. The van der Waals surface area contributed by atoms with Gasteiger partial charge >= 0.3 is 5.97 Å². The van der Waals surface area contributed by atoms with Crippen molar-refractivity contribution in [1.82, 2.24) is 0 Å². The molecule has 0 aromatic heterocycles. The largest absolute Gasteiger partial charge is 0.478 e. The molecule has 1 aliphatic carbocycles. The van der Waals surface area contributed by atoms with Crippen molar-refractivity contribution in [2.24, 2.45) is 0 Å². The highest BCUT2D eigenvalue weighted by molar-refractivity contribution is 6.15. The van der Waals surface area contributed by atoms with Crippen LogP contribution >= 0.6 is 0 Å². The van der Waals surface area contributed by atoms with Crippen LogP contribution in [-0.4, -0.2) is 11.1 Å². The molecule has 1 N–H and O–H groups in total. The minimum absolute atomic E-state index is 0.216. The quantitative estimate of drug-likeness (QED) is 0.748. The Morgan fingerprint density at radius 3 is 2.73 bits per heavy atom. The van der Waals surface area contributed by atoms with Gasteiger partial charge in [-0.25, -0.2) is 4.79 Å². The highest BCUT2D eigenvalue weighted by Crippen LogP contribution is 2.28. The van der Waals surface area contributed by atoms with Gasteiger partial charge in [0, 0.05) is 0 Å². The lowest BCUT2D eigenvalue weighted by Gasteiger charge is -2.19. The van der Waals surface area contributed by atoms with Crippen LogP contribution in [0, 0.1) is 0 Å². The molecule has 2 rings (SSSR count). The molecule has 2 nitrogen and oxygen atoms in total. The van der Waals surface area contributed by atoms with Crippen LogP contribution in [0.5, 0.6) is 0 Å². The standard InChI is InChI=1S/C13H14O2/c1-9(13(14)15)11-8-4-6-10-5-2-3-7-12(10)11/h4,6,8H,1-3,5,7H2,(H,14,15). The first-order chi connectivity index (χ1) is 7.20. The van der Waals surface area contributed by atoms with E-state index in [0.717, 1.165) is 24.8 Å². The Bertz CT molecular complexity index is 419. The third-order valence-corrected chi connectivity index (χ3v) is 2.98. The van der Waals surface area contributed by atoms with Crippen molar-refractivity contribution in [1.29, 1.82) is 0 Å². The second kappa shape index (κ2) is 3.89. The molecule has 1 aromatic rings. The molecule has 0 heterocycles. The van der Waals surface area contributed by atoms with Crippen molar-refractivity contribution < 1.29 is 9.90 Å². The first-order valence-electron chi connectivity index (χ1n) is 5.23. The number of fused-ring (bicyclic) bond motifs is 1. The molecule has 0 saturated carbocycles. The van der Waals surface area contributed by atoms with Gasteiger partial charge in [0.25, 0.3) is 0 Å². The van der Waals surface area contributed by atoms with Gasteiger partial charge in [0.1, 0.15) is 0 Å². The summed E-state index contributed by atoms with van der Waals surface area (Å²) in [5.41, 5.74) is 3.52. The summed E-state index contributed by atoms with van der Waals surface area (Å²) in [6, 6.07) is 5.88. The molecule has 0 aliphatic heterocycles. The summed E-state index contributed by atoms with van der Waals surface area (Å²) in [4.78, 5) is 10.9. The minimum Gasteiger partial charge on any atom is -0.478 e. The Kier molecular flexibility index (Phi) is 2.58. The summed E-state index contributed by atoms with van der Waals surface area (Å²) in [6.45, 7) is 3.63. The van der Waals surface area contributed by atoms with E-state index in [4.69, 9.17) is 5.11 Å². The van der Waals surface area contributed by atoms with E-state index in [1.54, 1.807) is 0 Å². The van der Waals surface area contributed by atoms with E-state index in [9.17, 15) is 4.79 Å². The highest BCUT2D eigenvalue weighted by Gasteiger charge is 2.17. The van der Waals surface area contributed by atoms with Gasteiger partial charge in [-0.3, -0.25) is 0 Å². The minimum atomic E-state index is -0.922. The second-order valence-electron chi connectivity index (χ2n) is 3.93. The van der Waals surface area contributed by atoms with E-state index < -0.39 is 5.97 Å². The van der Waals surface area contributed by atoms with Crippen molar-refractivity contribution in [3.8, 4) is 0 Å². The van der Waals surface area contributed by atoms with E-state index in [2.05, 4.69) is 12.6 Å². The van der Waals surface area contributed by atoms with Gasteiger partial charge in [-0.1, -0.05) is 24.8 Å². The van der Waals surface area contributed by atoms with Crippen LogP contribution in [0.4, 0.5) is 0 Å². The Morgan fingerprint density at radius 2 is 2.00 bits per heavy atom. The van der Waals surface area contributed by atoms with E-state index in [1.807, 2.05) is 12.1 Å². The molecule has 0 saturated heterocycles. The van der Waals surface area contributed by atoms with E-state index in [1.165, 1.54) is 17.5 Å². The summed E-state index contributed by atoms with van der Waals surface area (Å²) >= 11 is 0. The fourth-order valence-corrected chi connectivity index (χ4v) is 2.18. The molecule has 1 aromatic carbocycles. The van der Waals surface area contributed by atoms with Crippen LogP contribution in [0.3, 0.4) is 0 Å². The van der Waals surface area contributed by atoms with Crippen molar-refractivity contribution in [2.75, 3.05) is 0 Å². The van der Waals surface area contributed by atoms with Gasteiger partial charge in [0.2, 0.25) is 0 Å². The molecule has 0 unspecified atom stereocenters. The van der Waals surface area contributed by atoms with Crippen LogP contribution in [-0.2, 0) is 17.6 Å². The molecular formula is C13H14O2. The Hall–Kier alpha value is -1.57. The number of carboxylic acid groups (broad SMARTS) is 1. The maximum absolute atomic E-state index is 10.9. The maximum atomic E-state index is 10.9. The van der Waals surface area contributed by atoms with Gasteiger partial charge < -0.3 is 5.11 Å². The van der Waals surface area contributed by atoms with Crippen LogP contribution < -0.4 is 0 Å². The number of hydrogen-bond donors (Lipinski definition) is 1. The lowest BCUT2D eigenvalue weighted by atomic mass is 9.86. The maximum Gasteiger partial charge on any atom is 0.335 e. The van der Waals surface area contributed by atoms with Crippen molar-refractivity contribution in [3.05, 3.63) is 41.5 Å². The summed E-state index contributed by atoms with van der Waals surface area (Å²) in [5, 5.41) is 8.94. The third kappa shape index (κ3) is 1.80. The first-order valence-corrected chi connectivity index (χ1v) is 5.23. The lowest BCUT2D eigenvalue weighted by Crippen LogP contribution is -2.08. The van der Waals surface area contributed by atoms with Gasteiger partial charge in [0.05, 0.1) is 5.57 Å². The number of rotatable bonds is 2. The summed E-state index contributed by atoms with van der Waals surface area (Å²) in [7, 11) is 0. The molecule has 0 amide bonds. The Labute approximate surface area is 89.2 Å². The molecule has 1 aliphatic rings. The molecule has 0 bridgehead atoms. The summed E-state index contributed by atoms with van der Waals surface area (Å²) < 4.78 is 0.